The molecule has 1 aliphatic heterocycles. The van der Waals surface area contributed by atoms with E-state index in [0.29, 0.717) is 5.92 Å². The number of ether oxygens (including phenoxy) is 1. The highest BCUT2D eigenvalue weighted by Gasteiger charge is 2.24. The van der Waals surface area contributed by atoms with Crippen LogP contribution in [0, 0.1) is 5.92 Å². The molecule has 118 valence electrons. The molecular formula is C18H23NO2S. The Hall–Kier alpha value is -1.39. The van der Waals surface area contributed by atoms with Gasteiger partial charge in [0.2, 0.25) is 0 Å². The van der Waals surface area contributed by atoms with Gasteiger partial charge in [0.1, 0.15) is 0 Å². The van der Waals surface area contributed by atoms with Crippen LogP contribution >= 0.6 is 11.3 Å². The second-order valence-electron chi connectivity index (χ2n) is 6.07. The zero-order chi connectivity index (χ0) is 15.4. The predicted molar refractivity (Wildman–Crippen MR) is 91.6 cm³/mol. The summed E-state index contributed by atoms with van der Waals surface area (Å²) < 4.78 is 6.37. The first-order valence-electron chi connectivity index (χ1n) is 8.03. The van der Waals surface area contributed by atoms with E-state index in [9.17, 15) is 4.79 Å². The van der Waals surface area contributed by atoms with Crippen LogP contribution < -0.4 is 0 Å². The Morgan fingerprint density at radius 2 is 2.32 bits per heavy atom. The number of carbonyl (C=O) groups is 1. The number of fused-ring (bicyclic) bond motifs is 1. The fraction of sp³-hybridized carbons (Fsp3) is 0.500. The molecule has 22 heavy (non-hydrogen) atoms. The molecule has 1 aromatic carbocycles. The molecule has 0 N–H and O–H groups in total. The van der Waals surface area contributed by atoms with E-state index in [4.69, 9.17) is 4.74 Å². The molecule has 1 aromatic heterocycles. The number of likely N-dealkylation sites (tertiary alicyclic amines) is 1. The smallest absolute Gasteiger partial charge is 0.253 e. The number of piperidine rings is 1. The monoisotopic (exact) mass is 317 g/mol. The van der Waals surface area contributed by atoms with Gasteiger partial charge in [0, 0.05) is 37.1 Å². The van der Waals surface area contributed by atoms with Crippen LogP contribution in [0.2, 0.25) is 0 Å². The quantitative estimate of drug-likeness (QED) is 0.774. The third kappa shape index (κ3) is 3.50. The predicted octanol–water partition coefficient (Wildman–Crippen LogP) is 4.18. The van der Waals surface area contributed by atoms with Crippen LogP contribution in [0.15, 0.2) is 29.6 Å². The Bertz CT molecular complexity index is 637. The van der Waals surface area contributed by atoms with Gasteiger partial charge >= 0.3 is 0 Å². The molecule has 1 amide bonds. The van der Waals surface area contributed by atoms with Crippen molar-refractivity contribution >= 4 is 27.3 Å². The molecule has 0 spiro atoms. The normalized spacial score (nSPS) is 18.8. The highest BCUT2D eigenvalue weighted by molar-refractivity contribution is 7.17. The van der Waals surface area contributed by atoms with Gasteiger partial charge < -0.3 is 9.64 Å². The van der Waals surface area contributed by atoms with E-state index in [2.05, 4.69) is 17.5 Å². The molecule has 4 heteroatoms. The van der Waals surface area contributed by atoms with Crippen molar-refractivity contribution in [1.82, 2.24) is 4.90 Å². The van der Waals surface area contributed by atoms with Crippen molar-refractivity contribution in [2.45, 2.75) is 25.7 Å². The van der Waals surface area contributed by atoms with Crippen molar-refractivity contribution in [3.63, 3.8) is 0 Å². The van der Waals surface area contributed by atoms with Gasteiger partial charge in [-0.15, -0.1) is 11.3 Å². The van der Waals surface area contributed by atoms with Crippen molar-refractivity contribution in [2.24, 2.45) is 5.92 Å². The number of carbonyl (C=O) groups excluding carboxylic acids is 1. The average molecular weight is 317 g/mol. The summed E-state index contributed by atoms with van der Waals surface area (Å²) in [5.74, 6) is 0.808. The molecule has 2 aromatic rings. The molecule has 0 bridgehead atoms. The molecule has 3 nitrogen and oxygen atoms in total. The Morgan fingerprint density at radius 1 is 1.41 bits per heavy atom. The number of methoxy groups -OCH3 is 1. The van der Waals surface area contributed by atoms with Gasteiger partial charge in [-0.2, -0.15) is 0 Å². The summed E-state index contributed by atoms with van der Waals surface area (Å²) in [4.78, 5) is 14.8. The highest BCUT2D eigenvalue weighted by atomic mass is 32.1. The minimum Gasteiger partial charge on any atom is -0.385 e. The lowest BCUT2D eigenvalue weighted by Gasteiger charge is -2.33. The average Bonchev–Trinajstić information content (AvgIpc) is 3.02. The molecule has 1 fully saturated rings. The van der Waals surface area contributed by atoms with Crippen molar-refractivity contribution in [1.29, 1.82) is 0 Å². The SMILES string of the molecule is COCCC[C@H]1CCCN(C(=O)c2ccc3sccc3c2)C1. The standard InChI is InChI=1S/C18H23NO2S/c1-21-10-3-5-14-4-2-9-19(13-14)18(20)16-6-7-17-15(12-16)8-11-22-17/h6-8,11-12,14H,2-5,9-10,13H2,1H3/t14-/m1/s1. The van der Waals surface area contributed by atoms with Gasteiger partial charge in [0.05, 0.1) is 0 Å². The minimum absolute atomic E-state index is 0.185. The van der Waals surface area contributed by atoms with Gasteiger partial charge in [-0.05, 0) is 66.6 Å². The van der Waals surface area contributed by atoms with Gasteiger partial charge in [-0.1, -0.05) is 0 Å². The molecule has 1 atom stereocenters. The van der Waals surface area contributed by atoms with Gasteiger partial charge in [-0.3, -0.25) is 4.79 Å². The first-order chi connectivity index (χ1) is 10.8. The number of thiophene rings is 1. The topological polar surface area (TPSA) is 29.5 Å². The van der Waals surface area contributed by atoms with Crippen LogP contribution in [0.1, 0.15) is 36.0 Å². The molecule has 1 saturated heterocycles. The molecule has 0 saturated carbocycles. The lowest BCUT2D eigenvalue weighted by atomic mass is 9.93. The van der Waals surface area contributed by atoms with Crippen LogP contribution in [0.4, 0.5) is 0 Å². The molecule has 0 unspecified atom stereocenters. The molecule has 2 heterocycles. The summed E-state index contributed by atoms with van der Waals surface area (Å²) in [7, 11) is 1.75. The zero-order valence-corrected chi connectivity index (χ0v) is 13.9. The number of nitrogens with zero attached hydrogens (tertiary/aromatic N) is 1. The Kier molecular flexibility index (Phi) is 5.11. The number of benzene rings is 1. The maximum absolute atomic E-state index is 12.7. The maximum Gasteiger partial charge on any atom is 0.253 e. The third-order valence-corrected chi connectivity index (χ3v) is 5.36. The lowest BCUT2D eigenvalue weighted by Crippen LogP contribution is -2.40. The molecule has 0 radical (unpaired) electrons. The van der Waals surface area contributed by atoms with Crippen LogP contribution in [-0.4, -0.2) is 37.6 Å². The van der Waals surface area contributed by atoms with Gasteiger partial charge in [0.15, 0.2) is 0 Å². The lowest BCUT2D eigenvalue weighted by molar-refractivity contribution is 0.0660. The molecule has 1 aliphatic rings. The first kappa shape index (κ1) is 15.5. The van der Waals surface area contributed by atoms with Crippen LogP contribution in [0.3, 0.4) is 0 Å². The summed E-state index contributed by atoms with van der Waals surface area (Å²) in [5.41, 5.74) is 0.823. The second kappa shape index (κ2) is 7.25. The molecular weight excluding hydrogens is 294 g/mol. The fourth-order valence-electron chi connectivity index (χ4n) is 3.28. The first-order valence-corrected chi connectivity index (χ1v) is 8.91. The fourth-order valence-corrected chi connectivity index (χ4v) is 4.05. The van der Waals surface area contributed by atoms with Crippen molar-refractivity contribution in [3.8, 4) is 0 Å². The molecule has 3 rings (SSSR count). The zero-order valence-electron chi connectivity index (χ0n) is 13.1. The summed E-state index contributed by atoms with van der Waals surface area (Å²) in [6.07, 6.45) is 4.59. The molecule has 0 aliphatic carbocycles. The van der Waals surface area contributed by atoms with Crippen molar-refractivity contribution in [2.75, 3.05) is 26.8 Å². The largest absolute Gasteiger partial charge is 0.385 e. The summed E-state index contributed by atoms with van der Waals surface area (Å²) in [5, 5.41) is 3.25. The Morgan fingerprint density at radius 3 is 3.18 bits per heavy atom. The summed E-state index contributed by atoms with van der Waals surface area (Å²) in [6, 6.07) is 8.15. The van der Waals surface area contributed by atoms with E-state index < -0.39 is 0 Å². The van der Waals surface area contributed by atoms with Crippen molar-refractivity contribution < 1.29 is 9.53 Å². The summed E-state index contributed by atoms with van der Waals surface area (Å²) in [6.45, 7) is 2.60. The number of rotatable bonds is 5. The Labute approximate surface area is 135 Å². The van der Waals surface area contributed by atoms with Gasteiger partial charge in [-0.25, -0.2) is 0 Å². The van der Waals surface area contributed by atoms with Crippen LogP contribution in [-0.2, 0) is 4.74 Å². The number of hydrogen-bond donors (Lipinski definition) is 0. The van der Waals surface area contributed by atoms with E-state index >= 15 is 0 Å². The van der Waals surface area contributed by atoms with Crippen LogP contribution in [0.25, 0.3) is 10.1 Å². The van der Waals surface area contributed by atoms with E-state index in [-0.39, 0.29) is 5.91 Å². The van der Waals surface area contributed by atoms with Crippen molar-refractivity contribution in [3.05, 3.63) is 35.2 Å². The highest BCUT2D eigenvalue weighted by Crippen LogP contribution is 2.25. The Balaban J connectivity index is 1.65. The second-order valence-corrected chi connectivity index (χ2v) is 7.02. The maximum atomic E-state index is 12.7. The summed E-state index contributed by atoms with van der Waals surface area (Å²) >= 11 is 1.72. The van der Waals surface area contributed by atoms with E-state index in [1.807, 2.05) is 17.0 Å². The third-order valence-electron chi connectivity index (χ3n) is 4.47. The van der Waals surface area contributed by atoms with Gasteiger partial charge in [0.25, 0.3) is 5.91 Å². The van der Waals surface area contributed by atoms with E-state index in [0.717, 1.165) is 44.5 Å². The number of amides is 1. The van der Waals surface area contributed by atoms with E-state index in [1.54, 1.807) is 18.4 Å². The minimum atomic E-state index is 0.185. The van der Waals surface area contributed by atoms with E-state index in [1.165, 1.54) is 16.5 Å². The van der Waals surface area contributed by atoms with Crippen LogP contribution in [0.5, 0.6) is 0 Å². The number of hydrogen-bond acceptors (Lipinski definition) is 3.